The maximum atomic E-state index is 12.7. The molecule has 0 saturated carbocycles. The topological polar surface area (TPSA) is 131 Å². The average Bonchev–Trinajstić information content (AvgIpc) is 3.10. The maximum Gasteiger partial charge on any atom is 0.472 e. The summed E-state index contributed by atoms with van der Waals surface area (Å²) in [5.74, 6) is -0.214. The zero-order valence-electron chi connectivity index (χ0n) is 32.1. The van der Waals surface area contributed by atoms with Gasteiger partial charge in [-0.3, -0.25) is 13.8 Å². The summed E-state index contributed by atoms with van der Waals surface area (Å²) in [6, 6.07) is -0.882. The Labute approximate surface area is 307 Å². The normalized spacial score (nSPS) is 14.7. The van der Waals surface area contributed by atoms with Gasteiger partial charge in [-0.25, -0.2) is 4.57 Å². The number of nitrogens with one attached hydrogen (secondary N) is 1. The lowest BCUT2D eigenvalue weighted by atomic mass is 10.0. The van der Waals surface area contributed by atoms with Gasteiger partial charge in [0.1, 0.15) is 0 Å². The predicted molar refractivity (Wildman–Crippen MR) is 212 cm³/mol. The molecule has 0 fully saturated rings. The Bertz CT molecular complexity index is 923. The van der Waals surface area contributed by atoms with E-state index in [0.29, 0.717) is 6.42 Å². The van der Waals surface area contributed by atoms with E-state index in [1.807, 2.05) is 6.08 Å². The second kappa shape index (κ2) is 37.2. The van der Waals surface area contributed by atoms with E-state index in [-0.39, 0.29) is 25.7 Å². The molecule has 5 N–H and O–H groups in total. The number of carbonyl (C=O) groups excluding carboxylic acids is 1. The summed E-state index contributed by atoms with van der Waals surface area (Å²) < 4.78 is 22.0. The number of phosphoric acid groups is 1. The van der Waals surface area contributed by atoms with Crippen molar-refractivity contribution in [3.63, 3.8) is 0 Å². The molecule has 9 heteroatoms. The van der Waals surface area contributed by atoms with E-state index in [1.165, 1.54) is 103 Å². The Morgan fingerprint density at radius 2 is 1.12 bits per heavy atom. The fourth-order valence-corrected chi connectivity index (χ4v) is 6.34. The molecule has 0 heterocycles. The highest BCUT2D eigenvalue weighted by Gasteiger charge is 2.26. The number of aliphatic hydroxyl groups excluding tert-OH is 1. The first kappa shape index (κ1) is 48.5. The minimum atomic E-state index is -4.34. The number of allylic oxidation sites excluding steroid dienone is 7. The number of phosphoric ester groups is 1. The summed E-state index contributed by atoms with van der Waals surface area (Å²) in [7, 11) is -4.34. The summed E-state index contributed by atoms with van der Waals surface area (Å²) in [5.41, 5.74) is 5.35. The summed E-state index contributed by atoms with van der Waals surface area (Å²) in [4.78, 5) is 22.6. The highest BCUT2D eigenvalue weighted by Crippen LogP contribution is 2.43. The SMILES string of the molecule is CC/C=C/CC/C=C/CC/C=C/C(O)C(COP(=O)(O)OCCN)NC(=O)CCCCCCCCCCC/C=C\CCCCCCCCCC. The minimum Gasteiger partial charge on any atom is -0.387 e. The Morgan fingerprint density at radius 3 is 1.64 bits per heavy atom. The van der Waals surface area contributed by atoms with Gasteiger partial charge in [0.25, 0.3) is 0 Å². The van der Waals surface area contributed by atoms with E-state index in [2.05, 4.69) is 55.6 Å². The number of rotatable bonds is 37. The molecule has 0 rings (SSSR count). The van der Waals surface area contributed by atoms with Crippen LogP contribution in [-0.4, -0.2) is 47.8 Å². The van der Waals surface area contributed by atoms with Gasteiger partial charge >= 0.3 is 7.82 Å². The predicted octanol–water partition coefficient (Wildman–Crippen LogP) is 10.9. The van der Waals surface area contributed by atoms with Crippen molar-refractivity contribution in [3.05, 3.63) is 48.6 Å². The van der Waals surface area contributed by atoms with Gasteiger partial charge in [-0.15, -0.1) is 0 Å². The molecular weight excluding hydrogens is 647 g/mol. The van der Waals surface area contributed by atoms with Crippen molar-refractivity contribution in [2.45, 2.75) is 187 Å². The van der Waals surface area contributed by atoms with E-state index in [9.17, 15) is 19.4 Å². The number of hydrogen-bond donors (Lipinski definition) is 4. The third-order valence-electron chi connectivity index (χ3n) is 8.62. The highest BCUT2D eigenvalue weighted by molar-refractivity contribution is 7.47. The molecular formula is C41H77N2O6P. The number of nitrogens with two attached hydrogens (primary N) is 1. The Kier molecular flexibility index (Phi) is 36.1. The lowest BCUT2D eigenvalue weighted by Crippen LogP contribution is -2.45. The lowest BCUT2D eigenvalue weighted by Gasteiger charge is -2.23. The quantitative estimate of drug-likeness (QED) is 0.0285. The maximum absolute atomic E-state index is 12.7. The van der Waals surface area contributed by atoms with Crippen LogP contribution in [0.5, 0.6) is 0 Å². The molecule has 0 bridgehead atoms. The molecule has 0 aromatic rings. The lowest BCUT2D eigenvalue weighted by molar-refractivity contribution is -0.123. The van der Waals surface area contributed by atoms with Crippen LogP contribution in [0.4, 0.5) is 0 Å². The fourth-order valence-electron chi connectivity index (χ4n) is 5.58. The van der Waals surface area contributed by atoms with Crippen LogP contribution in [0.15, 0.2) is 48.6 Å². The van der Waals surface area contributed by atoms with Crippen LogP contribution in [0.2, 0.25) is 0 Å². The smallest absolute Gasteiger partial charge is 0.387 e. The van der Waals surface area contributed by atoms with Gasteiger partial charge in [0.15, 0.2) is 0 Å². The molecule has 0 aromatic carbocycles. The van der Waals surface area contributed by atoms with Crippen LogP contribution in [-0.2, 0) is 18.4 Å². The number of hydrogen-bond acceptors (Lipinski definition) is 6. The van der Waals surface area contributed by atoms with Gasteiger partial charge in [0.2, 0.25) is 5.91 Å². The number of carbonyl (C=O) groups is 1. The first-order valence-corrected chi connectivity index (χ1v) is 21.8. The van der Waals surface area contributed by atoms with Crippen molar-refractivity contribution in [2.75, 3.05) is 19.8 Å². The van der Waals surface area contributed by atoms with Gasteiger partial charge in [0.05, 0.1) is 25.4 Å². The van der Waals surface area contributed by atoms with Gasteiger partial charge in [-0.2, -0.15) is 0 Å². The second-order valence-corrected chi connectivity index (χ2v) is 14.9. The van der Waals surface area contributed by atoms with Crippen molar-refractivity contribution in [1.82, 2.24) is 5.32 Å². The van der Waals surface area contributed by atoms with Crippen molar-refractivity contribution in [3.8, 4) is 0 Å². The molecule has 0 aliphatic heterocycles. The van der Waals surface area contributed by atoms with Gasteiger partial charge in [0, 0.05) is 13.0 Å². The summed E-state index contributed by atoms with van der Waals surface area (Å²) in [6.45, 7) is 3.97. The fraction of sp³-hybridized carbons (Fsp3) is 0.780. The van der Waals surface area contributed by atoms with Crippen molar-refractivity contribution in [1.29, 1.82) is 0 Å². The van der Waals surface area contributed by atoms with Crippen LogP contribution in [0.1, 0.15) is 174 Å². The van der Waals surface area contributed by atoms with Gasteiger partial charge in [-0.05, 0) is 64.2 Å². The first-order chi connectivity index (χ1) is 24.4. The van der Waals surface area contributed by atoms with E-state index in [1.54, 1.807) is 6.08 Å². The molecule has 3 unspecified atom stereocenters. The molecule has 50 heavy (non-hydrogen) atoms. The van der Waals surface area contributed by atoms with Crippen LogP contribution in [0, 0.1) is 0 Å². The molecule has 0 saturated heterocycles. The van der Waals surface area contributed by atoms with Gasteiger partial charge in [-0.1, -0.05) is 152 Å². The molecule has 8 nitrogen and oxygen atoms in total. The Morgan fingerprint density at radius 1 is 0.660 bits per heavy atom. The van der Waals surface area contributed by atoms with Crippen LogP contribution < -0.4 is 11.1 Å². The third-order valence-corrected chi connectivity index (χ3v) is 9.60. The summed E-state index contributed by atoms with van der Waals surface area (Å²) >= 11 is 0. The van der Waals surface area contributed by atoms with Gasteiger partial charge < -0.3 is 21.1 Å². The highest BCUT2D eigenvalue weighted by atomic mass is 31.2. The molecule has 1 amide bonds. The molecule has 0 radical (unpaired) electrons. The Balaban J connectivity index is 4.16. The van der Waals surface area contributed by atoms with Crippen molar-refractivity contribution < 1.29 is 28.4 Å². The van der Waals surface area contributed by atoms with E-state index in [4.69, 9.17) is 14.8 Å². The molecule has 0 aliphatic carbocycles. The zero-order valence-corrected chi connectivity index (χ0v) is 33.0. The van der Waals surface area contributed by atoms with E-state index in [0.717, 1.165) is 51.4 Å². The molecule has 3 atom stereocenters. The molecule has 0 spiro atoms. The first-order valence-electron chi connectivity index (χ1n) is 20.3. The van der Waals surface area contributed by atoms with Crippen molar-refractivity contribution in [2.24, 2.45) is 5.73 Å². The van der Waals surface area contributed by atoms with Crippen LogP contribution >= 0.6 is 7.82 Å². The summed E-state index contributed by atoms with van der Waals surface area (Å²) in [5, 5.41) is 13.5. The standard InChI is InChI=1S/C41H77N2O6P/c1-3-5-7-9-11-13-15-16-17-18-19-20-21-22-23-24-25-27-29-31-33-35-41(45)43-39(38-49-50(46,47)48-37-36-42)40(44)34-32-30-28-26-14-12-10-8-6-4-2/h6,8,14,18-19,26,32,34,39-40,44H,3-5,7,9-13,15-17,20-25,27-31,33,35-38,42H2,1-2H3,(H,43,45)(H,46,47)/b8-6+,19-18-,26-14+,34-32+. The third kappa shape index (κ3) is 34.9. The number of unbranched alkanes of at least 4 members (excludes halogenated alkanes) is 19. The molecule has 0 aliphatic rings. The van der Waals surface area contributed by atoms with E-state index >= 15 is 0 Å². The average molecular weight is 725 g/mol. The van der Waals surface area contributed by atoms with E-state index < -0.39 is 20.0 Å². The number of aliphatic hydroxyl groups is 1. The van der Waals surface area contributed by atoms with Crippen LogP contribution in [0.25, 0.3) is 0 Å². The molecule has 292 valence electrons. The monoisotopic (exact) mass is 725 g/mol. The zero-order chi connectivity index (χ0) is 36.8. The van der Waals surface area contributed by atoms with Crippen molar-refractivity contribution >= 4 is 13.7 Å². The Hall–Kier alpha value is -1.54. The van der Waals surface area contributed by atoms with Crippen LogP contribution in [0.3, 0.4) is 0 Å². The minimum absolute atomic E-state index is 0.0701. The summed E-state index contributed by atoms with van der Waals surface area (Å²) in [6.07, 6.45) is 44.6. The second-order valence-electron chi connectivity index (χ2n) is 13.4. The molecule has 0 aromatic heterocycles. The number of amides is 1. The largest absolute Gasteiger partial charge is 0.472 e.